The highest BCUT2D eigenvalue weighted by Gasteiger charge is 2.29. The molecule has 5 N–H and O–H groups in total. The maximum absolute atomic E-state index is 12.9. The van der Waals surface area contributed by atoms with Gasteiger partial charge in [-0.2, -0.15) is 0 Å². The maximum Gasteiger partial charge on any atom is 0.491 e. The van der Waals surface area contributed by atoms with Gasteiger partial charge in [-0.1, -0.05) is 18.2 Å². The molecule has 0 fully saturated rings. The van der Waals surface area contributed by atoms with Crippen molar-refractivity contribution in [3.05, 3.63) is 58.7 Å². The molecule has 2 aromatic rings. The summed E-state index contributed by atoms with van der Waals surface area (Å²) in [6.07, 6.45) is 0.953. The van der Waals surface area contributed by atoms with Gasteiger partial charge in [0.25, 0.3) is 11.8 Å². The second-order valence-electron chi connectivity index (χ2n) is 7.86. The maximum atomic E-state index is 12.9. The Labute approximate surface area is 197 Å². The predicted octanol–water partition coefficient (Wildman–Crippen LogP) is -1.63. The van der Waals surface area contributed by atoms with E-state index in [1.54, 1.807) is 24.3 Å². The first-order valence-corrected chi connectivity index (χ1v) is 10.8. The average molecular weight is 467 g/mol. The van der Waals surface area contributed by atoms with E-state index >= 15 is 0 Å². The summed E-state index contributed by atoms with van der Waals surface area (Å²) in [6.45, 7) is -0.0124. The number of carbonyl (C=O) groups is 3. The highest BCUT2D eigenvalue weighted by atomic mass is 16.5. The molecule has 1 aliphatic rings. The van der Waals surface area contributed by atoms with Crippen molar-refractivity contribution in [1.82, 2.24) is 10.2 Å². The predicted molar refractivity (Wildman–Crippen MR) is 124 cm³/mol. The number of nitrogens with zero attached hydrogens (tertiary/aromatic N) is 1. The lowest BCUT2D eigenvalue weighted by molar-refractivity contribution is -0.137. The number of carboxylic acid groups (broad SMARTS) is 1. The molecule has 0 aromatic heterocycles. The number of rotatable bonds is 11. The van der Waals surface area contributed by atoms with Gasteiger partial charge in [-0.05, 0) is 53.1 Å². The van der Waals surface area contributed by atoms with Crippen molar-refractivity contribution < 1.29 is 39.3 Å². The van der Waals surface area contributed by atoms with Crippen molar-refractivity contribution >= 4 is 43.3 Å². The fourth-order valence-corrected chi connectivity index (χ4v) is 3.68. The van der Waals surface area contributed by atoms with Gasteiger partial charge in [0, 0.05) is 24.2 Å². The summed E-state index contributed by atoms with van der Waals surface area (Å²) in [6, 6.07) is 9.34. The molecule has 0 saturated heterocycles. The van der Waals surface area contributed by atoms with Gasteiger partial charge in [0.1, 0.15) is 6.54 Å². The molecular weight excluding hydrogens is 442 g/mol. The molecule has 2 aromatic carbocycles. The van der Waals surface area contributed by atoms with E-state index in [4.69, 9.17) is 4.65 Å². The standard InChI is InChI=1S/C22H25B2N2O8/c27-12-16-5-3-14(9-18(16)23-32)21(30)25-7-1-2-8-26(11-20(28)29)22(31)15-4-6-17-13-34-24(33)19(17)10-15/h3-6,9-10,27,32-33H,1-2,7-8,11-13H2,(H,25,30)(H,28,29). The molecule has 1 heterocycles. The van der Waals surface area contributed by atoms with Gasteiger partial charge in [-0.15, -0.1) is 0 Å². The molecule has 0 aliphatic carbocycles. The Morgan fingerprint density at radius 3 is 2.59 bits per heavy atom. The summed E-state index contributed by atoms with van der Waals surface area (Å²) < 4.78 is 5.13. The van der Waals surface area contributed by atoms with E-state index in [2.05, 4.69) is 5.32 Å². The van der Waals surface area contributed by atoms with Crippen LogP contribution in [0.2, 0.25) is 0 Å². The second kappa shape index (κ2) is 11.8. The number of hydrogen-bond acceptors (Lipinski definition) is 7. The van der Waals surface area contributed by atoms with Crippen LogP contribution in [0.1, 0.15) is 44.7 Å². The van der Waals surface area contributed by atoms with Crippen LogP contribution < -0.4 is 16.2 Å². The van der Waals surface area contributed by atoms with E-state index in [-0.39, 0.29) is 31.2 Å². The molecule has 12 heteroatoms. The van der Waals surface area contributed by atoms with Crippen LogP contribution in [0.5, 0.6) is 0 Å². The molecule has 0 spiro atoms. The number of carboxylic acids is 1. The first kappa shape index (κ1) is 25.4. The number of unbranched alkanes of at least 4 members (excludes halogenated alkanes) is 1. The first-order valence-electron chi connectivity index (χ1n) is 10.8. The zero-order chi connectivity index (χ0) is 24.7. The number of benzene rings is 2. The molecule has 34 heavy (non-hydrogen) atoms. The molecule has 1 radical (unpaired) electrons. The topological polar surface area (TPSA) is 157 Å². The summed E-state index contributed by atoms with van der Waals surface area (Å²) in [5.41, 5.74) is 2.71. The van der Waals surface area contributed by atoms with Crippen molar-refractivity contribution in [2.24, 2.45) is 0 Å². The lowest BCUT2D eigenvalue weighted by atomic mass is 9.78. The second-order valence-corrected chi connectivity index (χ2v) is 7.86. The largest absolute Gasteiger partial charge is 0.491 e. The summed E-state index contributed by atoms with van der Waals surface area (Å²) in [7, 11) is -0.282. The Morgan fingerprint density at radius 1 is 1.12 bits per heavy atom. The lowest BCUT2D eigenvalue weighted by Gasteiger charge is -2.21. The van der Waals surface area contributed by atoms with Crippen LogP contribution in [0.25, 0.3) is 0 Å². The van der Waals surface area contributed by atoms with Crippen molar-refractivity contribution in [1.29, 1.82) is 0 Å². The fraction of sp³-hybridized carbons (Fsp3) is 0.318. The minimum absolute atomic E-state index is 0.173. The van der Waals surface area contributed by atoms with Crippen molar-refractivity contribution in [3.8, 4) is 0 Å². The number of aliphatic hydroxyl groups excluding tert-OH is 1. The highest BCUT2D eigenvalue weighted by molar-refractivity contribution is 6.61. The summed E-state index contributed by atoms with van der Waals surface area (Å²) >= 11 is 0. The first-order chi connectivity index (χ1) is 16.3. The monoisotopic (exact) mass is 467 g/mol. The van der Waals surface area contributed by atoms with Gasteiger partial charge in [0.05, 0.1) is 13.2 Å². The third-order valence-electron chi connectivity index (χ3n) is 5.53. The van der Waals surface area contributed by atoms with Crippen LogP contribution in [0.4, 0.5) is 0 Å². The summed E-state index contributed by atoms with van der Waals surface area (Å²) in [5, 5.41) is 40.3. The molecule has 0 saturated carbocycles. The lowest BCUT2D eigenvalue weighted by Crippen LogP contribution is -2.38. The number of nitrogens with one attached hydrogen (secondary N) is 1. The van der Waals surface area contributed by atoms with Gasteiger partial charge in [-0.3, -0.25) is 14.4 Å². The van der Waals surface area contributed by atoms with Crippen LogP contribution in [0.15, 0.2) is 36.4 Å². The molecule has 2 amide bonds. The van der Waals surface area contributed by atoms with E-state index in [1.165, 1.54) is 17.0 Å². The fourth-order valence-electron chi connectivity index (χ4n) is 3.68. The quantitative estimate of drug-likeness (QED) is 0.195. The van der Waals surface area contributed by atoms with Crippen LogP contribution >= 0.6 is 0 Å². The molecule has 177 valence electrons. The Bertz CT molecular complexity index is 1070. The normalized spacial score (nSPS) is 12.3. The number of fused-ring (bicyclic) bond motifs is 1. The Morgan fingerprint density at radius 2 is 1.88 bits per heavy atom. The number of aliphatic carboxylic acids is 1. The van der Waals surface area contributed by atoms with E-state index < -0.39 is 25.5 Å². The number of aliphatic hydroxyl groups is 1. The molecule has 0 unspecified atom stereocenters. The van der Waals surface area contributed by atoms with Gasteiger partial charge in [-0.25, -0.2) is 0 Å². The highest BCUT2D eigenvalue weighted by Crippen LogP contribution is 2.13. The third kappa shape index (κ3) is 6.23. The van der Waals surface area contributed by atoms with Crippen molar-refractivity contribution in [2.45, 2.75) is 26.1 Å². The molecule has 3 rings (SSSR count). The summed E-state index contributed by atoms with van der Waals surface area (Å²) in [4.78, 5) is 37.7. The van der Waals surface area contributed by atoms with E-state index in [0.29, 0.717) is 41.4 Å². The van der Waals surface area contributed by atoms with E-state index in [0.717, 1.165) is 13.0 Å². The zero-order valence-electron chi connectivity index (χ0n) is 18.4. The van der Waals surface area contributed by atoms with Gasteiger partial charge >= 0.3 is 20.6 Å². The van der Waals surface area contributed by atoms with E-state index in [1.807, 2.05) is 0 Å². The van der Waals surface area contributed by atoms with Gasteiger partial charge in [0.15, 0.2) is 0 Å². The van der Waals surface area contributed by atoms with Crippen molar-refractivity contribution in [2.75, 3.05) is 19.6 Å². The molecule has 0 bridgehead atoms. The van der Waals surface area contributed by atoms with Gasteiger partial charge in [0.2, 0.25) is 0 Å². The molecule has 10 nitrogen and oxygen atoms in total. The molecule has 0 atom stereocenters. The third-order valence-corrected chi connectivity index (χ3v) is 5.53. The van der Waals surface area contributed by atoms with Crippen LogP contribution in [-0.2, 0) is 22.7 Å². The van der Waals surface area contributed by atoms with Crippen LogP contribution in [-0.4, -0.2) is 77.2 Å². The summed E-state index contributed by atoms with van der Waals surface area (Å²) in [5.74, 6) is -1.97. The van der Waals surface area contributed by atoms with Crippen molar-refractivity contribution in [3.63, 3.8) is 0 Å². The van der Waals surface area contributed by atoms with E-state index in [9.17, 15) is 34.6 Å². The number of carbonyl (C=O) groups excluding carboxylic acids is 2. The Kier molecular flexibility index (Phi) is 8.83. The smallest absolute Gasteiger partial charge is 0.480 e. The minimum Gasteiger partial charge on any atom is -0.480 e. The Balaban J connectivity index is 1.53. The number of hydrogen-bond donors (Lipinski definition) is 5. The van der Waals surface area contributed by atoms with Crippen LogP contribution in [0, 0.1) is 0 Å². The molecule has 1 aliphatic heterocycles. The number of amides is 2. The zero-order valence-corrected chi connectivity index (χ0v) is 18.4. The molecular formula is C22H25B2N2O8. The van der Waals surface area contributed by atoms with Gasteiger partial charge < -0.3 is 35.1 Å². The minimum atomic E-state index is -1.14. The average Bonchev–Trinajstić information content (AvgIpc) is 3.21. The Hall–Kier alpha value is -3.18. The SMILES string of the molecule is O=C(O)CN(CCCCNC(=O)c1ccc(CO)c([B]O)c1)C(=O)c1ccc2c(c1)B(O)OC2. The van der Waals surface area contributed by atoms with Crippen LogP contribution in [0.3, 0.4) is 0 Å².